The van der Waals surface area contributed by atoms with Gasteiger partial charge in [0.1, 0.15) is 5.82 Å². The number of hydrogen-bond donors (Lipinski definition) is 1. The van der Waals surface area contributed by atoms with Crippen LogP contribution in [0.1, 0.15) is 16.1 Å². The van der Waals surface area contributed by atoms with Gasteiger partial charge in [-0.3, -0.25) is 9.59 Å². The molecule has 3 rings (SSSR count). The number of carbonyl (C=O) groups excluding carboxylic acids is 2. The Morgan fingerprint density at radius 2 is 1.70 bits per heavy atom. The first kappa shape index (κ1) is 15.0. The highest BCUT2D eigenvalue weighted by molar-refractivity contribution is 6.48. The lowest BCUT2D eigenvalue weighted by Gasteiger charge is -2.05. The fourth-order valence-corrected chi connectivity index (χ4v) is 2.64. The standard InChI is InChI=1S/C18H15FN2O2/c1-11-16(14-5-3-4-6-15(14)21(11)2)17(22)18(23)20-13-9-7-12(19)8-10-13/h3-10H,1-2H3,(H,20,23). The third kappa shape index (κ3) is 2.61. The number of anilines is 1. The number of benzene rings is 2. The molecular formula is C18H15FN2O2. The fourth-order valence-electron chi connectivity index (χ4n) is 2.64. The summed E-state index contributed by atoms with van der Waals surface area (Å²) in [5.41, 5.74) is 2.39. The van der Waals surface area contributed by atoms with Crippen molar-refractivity contribution in [3.8, 4) is 0 Å². The molecule has 1 heterocycles. The Balaban J connectivity index is 1.95. The van der Waals surface area contributed by atoms with Crippen LogP contribution in [-0.4, -0.2) is 16.3 Å². The lowest BCUT2D eigenvalue weighted by Crippen LogP contribution is -2.23. The van der Waals surface area contributed by atoms with Gasteiger partial charge in [0.05, 0.1) is 5.56 Å². The van der Waals surface area contributed by atoms with E-state index in [0.717, 1.165) is 16.6 Å². The van der Waals surface area contributed by atoms with Gasteiger partial charge in [0.25, 0.3) is 11.7 Å². The molecule has 1 amide bonds. The second-order valence-corrected chi connectivity index (χ2v) is 5.33. The number of fused-ring (bicyclic) bond motifs is 1. The molecule has 0 radical (unpaired) electrons. The van der Waals surface area contributed by atoms with Crippen LogP contribution in [0.5, 0.6) is 0 Å². The molecule has 0 aliphatic rings. The smallest absolute Gasteiger partial charge is 0.296 e. The van der Waals surface area contributed by atoms with Crippen LogP contribution in [0, 0.1) is 12.7 Å². The first-order chi connectivity index (χ1) is 11.0. The Bertz CT molecular complexity index is 911. The predicted molar refractivity (Wildman–Crippen MR) is 87.0 cm³/mol. The molecule has 0 unspecified atom stereocenters. The van der Waals surface area contributed by atoms with Crippen molar-refractivity contribution in [2.45, 2.75) is 6.92 Å². The van der Waals surface area contributed by atoms with Gasteiger partial charge in [0, 0.05) is 29.3 Å². The Morgan fingerprint density at radius 3 is 2.39 bits per heavy atom. The molecule has 116 valence electrons. The molecule has 5 heteroatoms. The minimum absolute atomic E-state index is 0.377. The van der Waals surface area contributed by atoms with E-state index in [1.807, 2.05) is 35.9 Å². The molecule has 0 aliphatic heterocycles. The number of Topliss-reactive ketones (excluding diaryl/α,β-unsaturated/α-hetero) is 1. The van der Waals surface area contributed by atoms with Gasteiger partial charge >= 0.3 is 0 Å². The molecule has 2 aromatic carbocycles. The maximum Gasteiger partial charge on any atom is 0.296 e. The Morgan fingerprint density at radius 1 is 1.04 bits per heavy atom. The molecule has 4 nitrogen and oxygen atoms in total. The minimum atomic E-state index is -0.740. The summed E-state index contributed by atoms with van der Waals surface area (Å²) in [7, 11) is 1.85. The molecule has 0 aliphatic carbocycles. The van der Waals surface area contributed by atoms with Gasteiger partial charge in [-0.05, 0) is 37.3 Å². The van der Waals surface area contributed by atoms with Crippen molar-refractivity contribution in [1.29, 1.82) is 0 Å². The fraction of sp³-hybridized carbons (Fsp3) is 0.111. The summed E-state index contributed by atoms with van der Waals surface area (Å²) in [6.07, 6.45) is 0. The number of para-hydroxylation sites is 1. The highest BCUT2D eigenvalue weighted by Gasteiger charge is 2.24. The number of halogens is 1. The molecule has 0 spiro atoms. The van der Waals surface area contributed by atoms with Crippen LogP contribution in [0.2, 0.25) is 0 Å². The van der Waals surface area contributed by atoms with Crippen molar-refractivity contribution < 1.29 is 14.0 Å². The SMILES string of the molecule is Cc1c(C(=O)C(=O)Nc2ccc(F)cc2)c2ccccc2n1C. The maximum absolute atomic E-state index is 12.9. The van der Waals surface area contributed by atoms with E-state index in [-0.39, 0.29) is 0 Å². The largest absolute Gasteiger partial charge is 0.347 e. The highest BCUT2D eigenvalue weighted by atomic mass is 19.1. The van der Waals surface area contributed by atoms with E-state index in [4.69, 9.17) is 0 Å². The number of hydrogen-bond acceptors (Lipinski definition) is 2. The normalized spacial score (nSPS) is 10.7. The van der Waals surface area contributed by atoms with Gasteiger partial charge in [0.2, 0.25) is 0 Å². The summed E-state index contributed by atoms with van der Waals surface area (Å²) in [5.74, 6) is -1.75. The average molecular weight is 310 g/mol. The molecule has 1 N–H and O–H groups in total. The van der Waals surface area contributed by atoms with Gasteiger partial charge < -0.3 is 9.88 Å². The summed E-state index contributed by atoms with van der Waals surface area (Å²) in [4.78, 5) is 24.8. The molecule has 0 saturated carbocycles. The molecule has 0 fully saturated rings. The zero-order valence-corrected chi connectivity index (χ0v) is 12.8. The third-order valence-corrected chi connectivity index (χ3v) is 3.94. The quantitative estimate of drug-likeness (QED) is 0.595. The summed E-state index contributed by atoms with van der Waals surface area (Å²) in [6, 6.07) is 12.7. The minimum Gasteiger partial charge on any atom is -0.347 e. The van der Waals surface area contributed by atoms with E-state index >= 15 is 0 Å². The number of ketones is 1. The van der Waals surface area contributed by atoms with Crippen LogP contribution in [0.3, 0.4) is 0 Å². The molecule has 3 aromatic rings. The Hall–Kier alpha value is -2.95. The summed E-state index contributed by atoms with van der Waals surface area (Å²) >= 11 is 0. The zero-order chi connectivity index (χ0) is 16.6. The van der Waals surface area contributed by atoms with Crippen molar-refractivity contribution in [1.82, 2.24) is 4.57 Å². The van der Waals surface area contributed by atoms with Crippen molar-refractivity contribution in [3.63, 3.8) is 0 Å². The molecular weight excluding hydrogens is 295 g/mol. The number of aromatic nitrogens is 1. The van der Waals surface area contributed by atoms with Crippen LogP contribution >= 0.6 is 0 Å². The second kappa shape index (κ2) is 5.68. The molecule has 0 atom stereocenters. The number of amides is 1. The van der Waals surface area contributed by atoms with Crippen LogP contribution < -0.4 is 5.32 Å². The summed E-state index contributed by atoms with van der Waals surface area (Å²) < 4.78 is 14.8. The van der Waals surface area contributed by atoms with E-state index < -0.39 is 17.5 Å². The number of rotatable bonds is 3. The first-order valence-electron chi connectivity index (χ1n) is 7.14. The molecule has 0 bridgehead atoms. The van der Waals surface area contributed by atoms with Gasteiger partial charge in [-0.2, -0.15) is 0 Å². The maximum atomic E-state index is 12.9. The van der Waals surface area contributed by atoms with E-state index in [9.17, 15) is 14.0 Å². The summed E-state index contributed by atoms with van der Waals surface area (Å²) in [6.45, 7) is 1.80. The molecule has 23 heavy (non-hydrogen) atoms. The van der Waals surface area contributed by atoms with Crippen LogP contribution in [0.25, 0.3) is 10.9 Å². The van der Waals surface area contributed by atoms with Gasteiger partial charge in [0.15, 0.2) is 0 Å². The zero-order valence-electron chi connectivity index (χ0n) is 12.8. The molecule has 1 aromatic heterocycles. The highest BCUT2D eigenvalue weighted by Crippen LogP contribution is 2.25. The van der Waals surface area contributed by atoms with E-state index in [1.54, 1.807) is 6.92 Å². The number of aryl methyl sites for hydroxylation is 1. The number of nitrogens with one attached hydrogen (secondary N) is 1. The first-order valence-corrected chi connectivity index (χ1v) is 7.14. The van der Waals surface area contributed by atoms with Crippen molar-refractivity contribution in [2.24, 2.45) is 7.05 Å². The Kier molecular flexibility index (Phi) is 3.70. The van der Waals surface area contributed by atoms with Gasteiger partial charge in [-0.25, -0.2) is 4.39 Å². The van der Waals surface area contributed by atoms with Crippen molar-refractivity contribution >= 4 is 28.3 Å². The lowest BCUT2D eigenvalue weighted by molar-refractivity contribution is -0.112. The van der Waals surface area contributed by atoms with Crippen molar-refractivity contribution in [2.75, 3.05) is 5.32 Å². The Labute approximate surface area is 132 Å². The summed E-state index contributed by atoms with van der Waals surface area (Å²) in [5, 5.41) is 3.25. The second-order valence-electron chi connectivity index (χ2n) is 5.33. The van der Waals surface area contributed by atoms with Crippen LogP contribution in [-0.2, 0) is 11.8 Å². The van der Waals surface area contributed by atoms with Crippen LogP contribution in [0.4, 0.5) is 10.1 Å². The van der Waals surface area contributed by atoms with Gasteiger partial charge in [-0.1, -0.05) is 18.2 Å². The number of nitrogens with zero attached hydrogens (tertiary/aromatic N) is 1. The topological polar surface area (TPSA) is 51.1 Å². The van der Waals surface area contributed by atoms with E-state index in [2.05, 4.69) is 5.32 Å². The van der Waals surface area contributed by atoms with E-state index in [1.165, 1.54) is 24.3 Å². The van der Waals surface area contributed by atoms with Crippen LogP contribution in [0.15, 0.2) is 48.5 Å². The molecule has 0 saturated heterocycles. The van der Waals surface area contributed by atoms with E-state index in [0.29, 0.717) is 11.3 Å². The predicted octanol–water partition coefficient (Wildman–Crippen LogP) is 3.45. The number of carbonyl (C=O) groups is 2. The van der Waals surface area contributed by atoms with Gasteiger partial charge in [-0.15, -0.1) is 0 Å². The lowest BCUT2D eigenvalue weighted by atomic mass is 10.1. The monoisotopic (exact) mass is 310 g/mol. The third-order valence-electron chi connectivity index (χ3n) is 3.94. The van der Waals surface area contributed by atoms with Crippen molar-refractivity contribution in [3.05, 3.63) is 65.6 Å². The average Bonchev–Trinajstić information content (AvgIpc) is 2.81.